The van der Waals surface area contributed by atoms with Crippen molar-refractivity contribution in [3.63, 3.8) is 0 Å². The van der Waals surface area contributed by atoms with Gasteiger partial charge in [0.25, 0.3) is 0 Å². The molecule has 2 bridgehead atoms. The van der Waals surface area contributed by atoms with E-state index in [4.69, 9.17) is 10.5 Å². The number of halogens is 2. The number of rotatable bonds is 6. The standard InChI is InChI=1S/C18H24F2N2O3/c1-22(17(23)15-11-4-5-12(8-11)16(15)21)9-10-3-6-13(24-2)14(7-10)25-18(19)20/h3,6-7,11-12,15-16,18H,4-5,8-9,21H2,1-2H3. The summed E-state index contributed by atoms with van der Waals surface area (Å²) in [5.74, 6) is 0.939. The summed E-state index contributed by atoms with van der Waals surface area (Å²) >= 11 is 0. The number of benzene rings is 1. The maximum Gasteiger partial charge on any atom is 0.387 e. The monoisotopic (exact) mass is 354 g/mol. The number of nitrogens with two attached hydrogens (primary N) is 1. The Morgan fingerprint density at radius 1 is 1.32 bits per heavy atom. The molecule has 4 unspecified atom stereocenters. The lowest BCUT2D eigenvalue weighted by atomic mass is 9.84. The summed E-state index contributed by atoms with van der Waals surface area (Å²) in [7, 11) is 3.11. The van der Waals surface area contributed by atoms with Crippen LogP contribution in [0.3, 0.4) is 0 Å². The lowest BCUT2D eigenvalue weighted by molar-refractivity contribution is -0.137. The van der Waals surface area contributed by atoms with Gasteiger partial charge in [-0.2, -0.15) is 8.78 Å². The SMILES string of the molecule is COc1ccc(CN(C)C(=O)C2C3CCC(C3)C2N)cc1OC(F)F. The number of hydrogen-bond donors (Lipinski definition) is 1. The molecule has 2 aliphatic carbocycles. The maximum absolute atomic E-state index is 12.8. The smallest absolute Gasteiger partial charge is 0.387 e. The van der Waals surface area contributed by atoms with E-state index in [2.05, 4.69) is 4.74 Å². The Morgan fingerprint density at radius 3 is 2.64 bits per heavy atom. The molecule has 7 heteroatoms. The second-order valence-electron chi connectivity index (χ2n) is 6.99. The highest BCUT2D eigenvalue weighted by Crippen LogP contribution is 2.48. The van der Waals surface area contributed by atoms with E-state index in [1.807, 2.05) is 0 Å². The zero-order valence-electron chi connectivity index (χ0n) is 14.5. The van der Waals surface area contributed by atoms with Crippen LogP contribution in [-0.2, 0) is 11.3 Å². The van der Waals surface area contributed by atoms with Crippen molar-refractivity contribution >= 4 is 5.91 Å². The summed E-state index contributed by atoms with van der Waals surface area (Å²) < 4.78 is 34.6. The molecule has 0 spiro atoms. The summed E-state index contributed by atoms with van der Waals surface area (Å²) in [4.78, 5) is 14.4. The van der Waals surface area contributed by atoms with Gasteiger partial charge < -0.3 is 20.1 Å². The van der Waals surface area contributed by atoms with Gasteiger partial charge in [0, 0.05) is 19.6 Å². The summed E-state index contributed by atoms with van der Waals surface area (Å²) in [5, 5.41) is 0. The molecule has 0 aromatic heterocycles. The van der Waals surface area contributed by atoms with E-state index in [9.17, 15) is 13.6 Å². The molecule has 2 N–H and O–H groups in total. The normalized spacial score (nSPS) is 27.6. The number of nitrogens with zero attached hydrogens (tertiary/aromatic N) is 1. The molecule has 2 fully saturated rings. The Hall–Kier alpha value is -1.89. The van der Waals surface area contributed by atoms with Crippen LogP contribution in [0.25, 0.3) is 0 Å². The number of ether oxygens (including phenoxy) is 2. The first-order valence-electron chi connectivity index (χ1n) is 8.53. The number of alkyl halides is 2. The van der Waals surface area contributed by atoms with E-state index in [1.54, 1.807) is 24.1 Å². The minimum atomic E-state index is -2.93. The largest absolute Gasteiger partial charge is 0.493 e. The van der Waals surface area contributed by atoms with Gasteiger partial charge in [0.15, 0.2) is 11.5 Å². The van der Waals surface area contributed by atoms with E-state index in [0.29, 0.717) is 23.9 Å². The zero-order chi connectivity index (χ0) is 18.1. The lowest BCUT2D eigenvalue weighted by Crippen LogP contribution is -2.45. The average Bonchev–Trinajstić information content (AvgIpc) is 3.15. The fraction of sp³-hybridized carbons (Fsp3) is 0.611. The molecule has 0 aliphatic heterocycles. The molecular formula is C18H24F2N2O3. The van der Waals surface area contributed by atoms with E-state index in [1.165, 1.54) is 13.2 Å². The highest BCUT2D eigenvalue weighted by atomic mass is 19.3. The van der Waals surface area contributed by atoms with Gasteiger partial charge in [-0.25, -0.2) is 0 Å². The highest BCUT2D eigenvalue weighted by molar-refractivity contribution is 5.80. The number of carbonyl (C=O) groups is 1. The fourth-order valence-corrected chi connectivity index (χ4v) is 4.32. The summed E-state index contributed by atoms with van der Waals surface area (Å²) in [6.07, 6.45) is 3.23. The zero-order valence-corrected chi connectivity index (χ0v) is 14.5. The van der Waals surface area contributed by atoms with Crippen LogP contribution in [0, 0.1) is 17.8 Å². The van der Waals surface area contributed by atoms with Crippen LogP contribution >= 0.6 is 0 Å². The second kappa shape index (κ2) is 7.15. The van der Waals surface area contributed by atoms with Crippen molar-refractivity contribution in [1.29, 1.82) is 0 Å². The van der Waals surface area contributed by atoms with Crippen molar-refractivity contribution in [2.75, 3.05) is 14.2 Å². The lowest BCUT2D eigenvalue weighted by Gasteiger charge is -2.31. The molecule has 4 atom stereocenters. The van der Waals surface area contributed by atoms with Crippen molar-refractivity contribution in [3.8, 4) is 11.5 Å². The van der Waals surface area contributed by atoms with Gasteiger partial charge in [0.05, 0.1) is 13.0 Å². The van der Waals surface area contributed by atoms with Crippen molar-refractivity contribution in [1.82, 2.24) is 4.90 Å². The van der Waals surface area contributed by atoms with Gasteiger partial charge in [0.1, 0.15) is 0 Å². The predicted molar refractivity (Wildman–Crippen MR) is 88.4 cm³/mol. The van der Waals surface area contributed by atoms with Crippen molar-refractivity contribution in [2.24, 2.45) is 23.5 Å². The Kier molecular flexibility index (Phi) is 5.13. The first kappa shape index (κ1) is 17.9. The second-order valence-corrected chi connectivity index (χ2v) is 6.99. The summed E-state index contributed by atoms with van der Waals surface area (Å²) in [5.41, 5.74) is 6.94. The number of methoxy groups -OCH3 is 1. The van der Waals surface area contributed by atoms with Crippen LogP contribution in [-0.4, -0.2) is 37.6 Å². The quantitative estimate of drug-likeness (QED) is 0.853. The van der Waals surface area contributed by atoms with Gasteiger partial charge in [-0.3, -0.25) is 4.79 Å². The molecule has 0 heterocycles. The van der Waals surface area contributed by atoms with Crippen LogP contribution in [0.5, 0.6) is 11.5 Å². The molecule has 0 saturated heterocycles. The topological polar surface area (TPSA) is 64.8 Å². The third-order valence-corrected chi connectivity index (χ3v) is 5.51. The molecule has 3 rings (SSSR count). The van der Waals surface area contributed by atoms with Crippen LogP contribution in [0.4, 0.5) is 8.78 Å². The van der Waals surface area contributed by atoms with E-state index >= 15 is 0 Å². The predicted octanol–water partition coefficient (Wildman–Crippen LogP) is 2.63. The van der Waals surface area contributed by atoms with Gasteiger partial charge in [-0.05, 0) is 48.8 Å². The molecule has 1 aromatic rings. The van der Waals surface area contributed by atoms with Crippen molar-refractivity contribution < 1.29 is 23.0 Å². The summed E-state index contributed by atoms with van der Waals surface area (Å²) in [6, 6.07) is 4.72. The van der Waals surface area contributed by atoms with Gasteiger partial charge in [-0.1, -0.05) is 6.07 Å². The number of amides is 1. The molecule has 1 aromatic carbocycles. The van der Waals surface area contributed by atoms with Gasteiger partial charge >= 0.3 is 6.61 Å². The van der Waals surface area contributed by atoms with E-state index in [-0.39, 0.29) is 29.4 Å². The van der Waals surface area contributed by atoms with E-state index < -0.39 is 6.61 Å². The molecule has 1 amide bonds. The number of carbonyl (C=O) groups excluding carboxylic acids is 1. The molecule has 2 saturated carbocycles. The Balaban J connectivity index is 1.70. The van der Waals surface area contributed by atoms with Gasteiger partial charge in [0.2, 0.25) is 5.91 Å². The fourth-order valence-electron chi connectivity index (χ4n) is 4.32. The molecule has 5 nitrogen and oxygen atoms in total. The minimum Gasteiger partial charge on any atom is -0.493 e. The molecule has 138 valence electrons. The highest BCUT2D eigenvalue weighted by Gasteiger charge is 2.49. The third kappa shape index (κ3) is 3.56. The van der Waals surface area contributed by atoms with Gasteiger partial charge in [-0.15, -0.1) is 0 Å². The third-order valence-electron chi connectivity index (χ3n) is 5.51. The first-order valence-corrected chi connectivity index (χ1v) is 8.53. The first-order chi connectivity index (χ1) is 11.9. The van der Waals surface area contributed by atoms with Crippen LogP contribution in [0.15, 0.2) is 18.2 Å². The Morgan fingerprint density at radius 2 is 2.04 bits per heavy atom. The number of hydrogen-bond acceptors (Lipinski definition) is 4. The molecule has 25 heavy (non-hydrogen) atoms. The average molecular weight is 354 g/mol. The Bertz CT molecular complexity index is 639. The van der Waals surface area contributed by atoms with Crippen molar-refractivity contribution in [3.05, 3.63) is 23.8 Å². The van der Waals surface area contributed by atoms with Crippen LogP contribution in [0.1, 0.15) is 24.8 Å². The maximum atomic E-state index is 12.8. The summed E-state index contributed by atoms with van der Waals surface area (Å²) in [6.45, 7) is -2.63. The number of fused-ring (bicyclic) bond motifs is 2. The molecule has 0 radical (unpaired) electrons. The Labute approximate surface area is 146 Å². The van der Waals surface area contributed by atoms with Crippen LogP contribution in [0.2, 0.25) is 0 Å². The van der Waals surface area contributed by atoms with Crippen LogP contribution < -0.4 is 15.2 Å². The molecular weight excluding hydrogens is 330 g/mol. The van der Waals surface area contributed by atoms with Crippen molar-refractivity contribution in [2.45, 2.75) is 38.5 Å². The minimum absolute atomic E-state index is 0.0341. The van der Waals surface area contributed by atoms with E-state index in [0.717, 1.165) is 19.3 Å². The molecule has 2 aliphatic rings.